The largest absolute Gasteiger partial charge is 0.393 e. The van der Waals surface area contributed by atoms with Crippen LogP contribution in [0.15, 0.2) is 0 Å². The van der Waals surface area contributed by atoms with Crippen LogP contribution < -0.4 is 0 Å². The van der Waals surface area contributed by atoms with Crippen LogP contribution in [0.5, 0.6) is 0 Å². The standard InChI is InChI=1S/C27H48O2/c1-18(2)7-6-8-19(3)22-9-10-23-26(22,5)15-13-24-25(4)14-12-21(28)17-20(25)11-16-27(23,24)29/h18-24,28-29H,6-17H2,1-5H3/t19-,20?,21?,22-,23-,24-,25+,26-,27-/m1/s1. The van der Waals surface area contributed by atoms with E-state index in [1.54, 1.807) is 0 Å². The topological polar surface area (TPSA) is 40.5 Å². The van der Waals surface area contributed by atoms with Gasteiger partial charge in [0.25, 0.3) is 0 Å². The fraction of sp³-hybridized carbons (Fsp3) is 1.00. The highest BCUT2D eigenvalue weighted by Crippen LogP contribution is 2.69. The molecular formula is C27H48O2. The fourth-order valence-electron chi connectivity index (χ4n) is 9.33. The Balaban J connectivity index is 1.52. The lowest BCUT2D eigenvalue weighted by Crippen LogP contribution is -2.64. The van der Waals surface area contributed by atoms with Crippen LogP contribution in [0.2, 0.25) is 0 Å². The predicted octanol–water partition coefficient (Wildman–Crippen LogP) is 6.58. The molecule has 2 heteroatoms. The minimum Gasteiger partial charge on any atom is -0.393 e. The summed E-state index contributed by atoms with van der Waals surface area (Å²) in [6, 6.07) is 0. The van der Waals surface area contributed by atoms with Crippen LogP contribution in [0.25, 0.3) is 0 Å². The van der Waals surface area contributed by atoms with Gasteiger partial charge in [-0.25, -0.2) is 0 Å². The molecular weight excluding hydrogens is 356 g/mol. The molecule has 0 bridgehead atoms. The molecule has 2 unspecified atom stereocenters. The average molecular weight is 405 g/mol. The number of hydrogen-bond donors (Lipinski definition) is 2. The van der Waals surface area contributed by atoms with Gasteiger partial charge in [0, 0.05) is 0 Å². The summed E-state index contributed by atoms with van der Waals surface area (Å²) in [4.78, 5) is 0. The first-order valence-corrected chi connectivity index (χ1v) is 13.0. The molecule has 4 rings (SSSR count). The molecule has 0 heterocycles. The Morgan fingerprint density at radius 3 is 2.24 bits per heavy atom. The normalized spacial score (nSPS) is 50.7. The summed E-state index contributed by atoms with van der Waals surface area (Å²) in [5.74, 6) is 3.97. The van der Waals surface area contributed by atoms with Crippen molar-refractivity contribution in [2.45, 2.75) is 123 Å². The Morgan fingerprint density at radius 1 is 0.828 bits per heavy atom. The highest BCUT2D eigenvalue weighted by atomic mass is 16.3. The molecule has 4 saturated carbocycles. The van der Waals surface area contributed by atoms with Crippen molar-refractivity contribution in [2.24, 2.45) is 46.3 Å². The third-order valence-electron chi connectivity index (χ3n) is 10.9. The van der Waals surface area contributed by atoms with E-state index >= 15 is 0 Å². The zero-order valence-corrected chi connectivity index (χ0v) is 19.9. The summed E-state index contributed by atoms with van der Waals surface area (Å²) >= 11 is 0. The zero-order chi connectivity index (χ0) is 21.0. The molecule has 0 amide bonds. The first-order valence-electron chi connectivity index (χ1n) is 13.0. The fourth-order valence-corrected chi connectivity index (χ4v) is 9.33. The smallest absolute Gasteiger partial charge is 0.0714 e. The molecule has 2 nitrogen and oxygen atoms in total. The van der Waals surface area contributed by atoms with E-state index in [0.29, 0.717) is 23.2 Å². The third kappa shape index (κ3) is 3.53. The average Bonchev–Trinajstić information content (AvgIpc) is 3.00. The summed E-state index contributed by atoms with van der Waals surface area (Å²) < 4.78 is 0. The van der Waals surface area contributed by atoms with Gasteiger partial charge in [-0.3, -0.25) is 0 Å². The van der Waals surface area contributed by atoms with E-state index in [1.165, 1.54) is 44.9 Å². The third-order valence-corrected chi connectivity index (χ3v) is 10.9. The van der Waals surface area contributed by atoms with Crippen LogP contribution in [-0.2, 0) is 0 Å². The molecule has 29 heavy (non-hydrogen) atoms. The van der Waals surface area contributed by atoms with Gasteiger partial charge in [-0.1, -0.05) is 53.9 Å². The molecule has 9 atom stereocenters. The van der Waals surface area contributed by atoms with E-state index in [0.717, 1.165) is 49.9 Å². The summed E-state index contributed by atoms with van der Waals surface area (Å²) in [6.07, 6.45) is 14.2. The summed E-state index contributed by atoms with van der Waals surface area (Å²) in [5.41, 5.74) is 0.126. The number of hydrogen-bond acceptors (Lipinski definition) is 2. The maximum absolute atomic E-state index is 12.3. The Bertz CT molecular complexity index is 587. The van der Waals surface area contributed by atoms with Crippen LogP contribution in [0, 0.1) is 46.3 Å². The Morgan fingerprint density at radius 2 is 1.52 bits per heavy atom. The Labute approximate surface area is 180 Å². The minimum atomic E-state index is -0.451. The molecule has 4 fully saturated rings. The second kappa shape index (κ2) is 7.80. The van der Waals surface area contributed by atoms with Crippen molar-refractivity contribution < 1.29 is 10.2 Å². The van der Waals surface area contributed by atoms with Gasteiger partial charge in [0.05, 0.1) is 11.7 Å². The van der Waals surface area contributed by atoms with E-state index in [2.05, 4.69) is 34.6 Å². The van der Waals surface area contributed by atoms with Gasteiger partial charge in [-0.15, -0.1) is 0 Å². The summed E-state index contributed by atoms with van der Waals surface area (Å²) in [7, 11) is 0. The van der Waals surface area contributed by atoms with Crippen LogP contribution in [0.4, 0.5) is 0 Å². The molecule has 4 aliphatic carbocycles. The van der Waals surface area contributed by atoms with Crippen LogP contribution in [0.3, 0.4) is 0 Å². The van der Waals surface area contributed by atoms with Crippen LogP contribution in [-0.4, -0.2) is 21.9 Å². The van der Waals surface area contributed by atoms with Crippen molar-refractivity contribution in [2.75, 3.05) is 0 Å². The van der Waals surface area contributed by atoms with Crippen molar-refractivity contribution in [3.63, 3.8) is 0 Å². The predicted molar refractivity (Wildman–Crippen MR) is 121 cm³/mol. The van der Waals surface area contributed by atoms with Crippen molar-refractivity contribution in [1.29, 1.82) is 0 Å². The monoisotopic (exact) mass is 404 g/mol. The Kier molecular flexibility index (Phi) is 5.95. The molecule has 0 aliphatic heterocycles. The highest BCUT2D eigenvalue weighted by Gasteiger charge is 2.66. The molecule has 168 valence electrons. The number of aliphatic hydroxyl groups is 2. The maximum atomic E-state index is 12.3. The molecule has 0 spiro atoms. The van der Waals surface area contributed by atoms with Crippen molar-refractivity contribution in [3.05, 3.63) is 0 Å². The van der Waals surface area contributed by atoms with Gasteiger partial charge in [-0.05, 0) is 104 Å². The van der Waals surface area contributed by atoms with Crippen molar-refractivity contribution in [1.82, 2.24) is 0 Å². The SMILES string of the molecule is CC(C)CCC[C@@H](C)[C@H]1CC[C@@H]2[C@]1(C)CC[C@H]1[C@@]2(O)CCC2CC(O)CC[C@@]21C. The Hall–Kier alpha value is -0.0800. The zero-order valence-electron chi connectivity index (χ0n) is 19.9. The lowest BCUT2D eigenvalue weighted by atomic mass is 9.42. The van der Waals surface area contributed by atoms with Gasteiger partial charge in [0.15, 0.2) is 0 Å². The number of fused-ring (bicyclic) bond motifs is 5. The van der Waals surface area contributed by atoms with E-state index in [4.69, 9.17) is 0 Å². The molecule has 4 aliphatic rings. The van der Waals surface area contributed by atoms with Crippen molar-refractivity contribution in [3.8, 4) is 0 Å². The lowest BCUT2D eigenvalue weighted by molar-refractivity contribution is -0.227. The van der Waals surface area contributed by atoms with E-state index in [1.807, 2.05) is 0 Å². The summed E-state index contributed by atoms with van der Waals surface area (Å²) in [5, 5.41) is 22.5. The lowest BCUT2D eigenvalue weighted by Gasteiger charge is -2.64. The highest BCUT2D eigenvalue weighted by molar-refractivity contribution is 5.16. The van der Waals surface area contributed by atoms with Crippen LogP contribution in [0.1, 0.15) is 112 Å². The first kappa shape index (κ1) is 22.1. The second-order valence-corrected chi connectivity index (χ2v) is 12.8. The first-order chi connectivity index (χ1) is 13.6. The van der Waals surface area contributed by atoms with Gasteiger partial charge in [0.1, 0.15) is 0 Å². The van der Waals surface area contributed by atoms with Gasteiger partial charge >= 0.3 is 0 Å². The van der Waals surface area contributed by atoms with E-state index in [9.17, 15) is 10.2 Å². The molecule has 2 N–H and O–H groups in total. The molecule has 0 radical (unpaired) electrons. The summed E-state index contributed by atoms with van der Waals surface area (Å²) in [6.45, 7) is 12.2. The molecule has 0 aromatic heterocycles. The van der Waals surface area contributed by atoms with Gasteiger partial charge in [-0.2, -0.15) is 0 Å². The van der Waals surface area contributed by atoms with Gasteiger partial charge < -0.3 is 10.2 Å². The minimum absolute atomic E-state index is 0.101. The van der Waals surface area contributed by atoms with Crippen LogP contribution >= 0.6 is 0 Å². The quantitative estimate of drug-likeness (QED) is 0.543. The van der Waals surface area contributed by atoms with Gasteiger partial charge in [0.2, 0.25) is 0 Å². The van der Waals surface area contributed by atoms with E-state index in [-0.39, 0.29) is 11.5 Å². The number of aliphatic hydroxyl groups excluding tert-OH is 1. The molecule has 0 aromatic carbocycles. The van der Waals surface area contributed by atoms with Crippen molar-refractivity contribution >= 4 is 0 Å². The second-order valence-electron chi connectivity index (χ2n) is 12.8. The molecule has 0 aromatic rings. The van der Waals surface area contributed by atoms with E-state index < -0.39 is 5.60 Å². The molecule has 0 saturated heterocycles. The number of rotatable bonds is 5. The maximum Gasteiger partial charge on any atom is 0.0714 e.